The number of hydrogen-bond acceptors (Lipinski definition) is 4. The highest BCUT2D eigenvalue weighted by Gasteiger charge is 2.31. The van der Waals surface area contributed by atoms with Crippen molar-refractivity contribution in [3.63, 3.8) is 0 Å². The van der Waals surface area contributed by atoms with Gasteiger partial charge in [-0.15, -0.1) is 0 Å². The normalized spacial score (nSPS) is 25.7. The molecule has 0 aliphatic carbocycles. The first-order valence-electron chi connectivity index (χ1n) is 7.07. The van der Waals surface area contributed by atoms with Crippen molar-refractivity contribution in [1.29, 1.82) is 0 Å². The molecular formula is C14H24N2OS2. The molecule has 3 nitrogen and oxygen atoms in total. The molecule has 108 valence electrons. The lowest BCUT2D eigenvalue weighted by atomic mass is 10.1. The van der Waals surface area contributed by atoms with Crippen LogP contribution in [0.1, 0.15) is 38.9 Å². The van der Waals surface area contributed by atoms with E-state index in [0.717, 1.165) is 17.9 Å². The van der Waals surface area contributed by atoms with Gasteiger partial charge in [0, 0.05) is 40.7 Å². The summed E-state index contributed by atoms with van der Waals surface area (Å²) in [7, 11) is 0. The molecule has 3 unspecified atom stereocenters. The molecule has 5 heteroatoms. The third-order valence-electron chi connectivity index (χ3n) is 3.48. The van der Waals surface area contributed by atoms with Crippen molar-refractivity contribution in [2.75, 3.05) is 11.5 Å². The summed E-state index contributed by atoms with van der Waals surface area (Å²) in [5.41, 5.74) is 1.01. The van der Waals surface area contributed by atoms with E-state index >= 15 is 0 Å². The largest absolute Gasteiger partial charge is 0.392 e. The molecule has 1 fully saturated rings. The highest BCUT2D eigenvalue weighted by Crippen LogP contribution is 2.35. The van der Waals surface area contributed by atoms with E-state index in [1.54, 1.807) is 0 Å². The van der Waals surface area contributed by atoms with Gasteiger partial charge in [0.1, 0.15) is 0 Å². The van der Waals surface area contributed by atoms with Gasteiger partial charge in [-0.3, -0.25) is 4.68 Å². The zero-order valence-electron chi connectivity index (χ0n) is 12.0. The van der Waals surface area contributed by atoms with Gasteiger partial charge in [0.05, 0.1) is 11.8 Å². The summed E-state index contributed by atoms with van der Waals surface area (Å²) < 4.78 is 1.96. The average molecular weight is 300 g/mol. The molecule has 1 aliphatic rings. The highest BCUT2D eigenvalue weighted by molar-refractivity contribution is 8.07. The van der Waals surface area contributed by atoms with Crippen LogP contribution in [0.4, 0.5) is 0 Å². The molecule has 1 saturated heterocycles. The Morgan fingerprint density at radius 2 is 2.16 bits per heavy atom. The van der Waals surface area contributed by atoms with Crippen molar-refractivity contribution in [3.05, 3.63) is 18.0 Å². The van der Waals surface area contributed by atoms with Crippen LogP contribution >= 0.6 is 23.5 Å². The van der Waals surface area contributed by atoms with Crippen LogP contribution in [0.25, 0.3) is 0 Å². The fraction of sp³-hybridized carbons (Fsp3) is 0.786. The van der Waals surface area contributed by atoms with Crippen LogP contribution in [0, 0.1) is 0 Å². The summed E-state index contributed by atoms with van der Waals surface area (Å²) >= 11 is 3.94. The third kappa shape index (κ3) is 3.92. The second kappa shape index (κ2) is 7.04. The summed E-state index contributed by atoms with van der Waals surface area (Å²) in [5.74, 6) is 2.37. The Morgan fingerprint density at radius 1 is 1.42 bits per heavy atom. The summed E-state index contributed by atoms with van der Waals surface area (Å²) in [5, 5.41) is 16.0. The molecule has 2 rings (SSSR count). The van der Waals surface area contributed by atoms with E-state index in [-0.39, 0.29) is 6.10 Å². The molecule has 1 aromatic rings. The predicted octanol–water partition coefficient (Wildman–Crippen LogP) is 2.99. The molecule has 3 atom stereocenters. The van der Waals surface area contributed by atoms with E-state index in [0.29, 0.717) is 23.0 Å². The van der Waals surface area contributed by atoms with Crippen molar-refractivity contribution in [3.8, 4) is 0 Å². The van der Waals surface area contributed by atoms with Crippen LogP contribution in [0.15, 0.2) is 12.3 Å². The lowest BCUT2D eigenvalue weighted by molar-refractivity contribution is 0.168. The molecule has 0 bridgehead atoms. The number of aliphatic hydroxyl groups is 1. The molecule has 0 radical (unpaired) electrons. The number of nitrogens with zero attached hydrogens (tertiary/aromatic N) is 2. The summed E-state index contributed by atoms with van der Waals surface area (Å²) in [4.78, 5) is 0. The van der Waals surface area contributed by atoms with Crippen molar-refractivity contribution in [1.82, 2.24) is 9.78 Å². The van der Waals surface area contributed by atoms with Crippen molar-refractivity contribution < 1.29 is 5.11 Å². The highest BCUT2D eigenvalue weighted by atomic mass is 32.2. The molecule has 19 heavy (non-hydrogen) atoms. The first kappa shape index (κ1) is 15.3. The van der Waals surface area contributed by atoms with Crippen molar-refractivity contribution >= 4 is 23.5 Å². The molecule has 0 amide bonds. The zero-order valence-corrected chi connectivity index (χ0v) is 13.6. The monoisotopic (exact) mass is 300 g/mol. The molecule has 2 heterocycles. The maximum Gasteiger partial charge on any atom is 0.0725 e. The van der Waals surface area contributed by atoms with Crippen LogP contribution in [0.3, 0.4) is 0 Å². The minimum Gasteiger partial charge on any atom is -0.392 e. The van der Waals surface area contributed by atoms with E-state index in [2.05, 4.69) is 25.9 Å². The standard InChI is InChI=1S/C14H24N2OS2/c1-4-13-14(19-8-7-18-13)12(17)9-11-5-6-16(15-11)10(2)3/h5-6,10,12-14,17H,4,7-9H2,1-3H3. The number of rotatable bonds is 5. The van der Waals surface area contributed by atoms with Crippen LogP contribution in [-0.4, -0.2) is 43.0 Å². The van der Waals surface area contributed by atoms with Gasteiger partial charge in [-0.1, -0.05) is 6.92 Å². The third-order valence-corrected chi connectivity index (χ3v) is 6.88. The molecule has 0 saturated carbocycles. The Kier molecular flexibility index (Phi) is 5.66. The Balaban J connectivity index is 1.96. The second-order valence-electron chi connectivity index (χ2n) is 5.31. The van der Waals surface area contributed by atoms with E-state index < -0.39 is 0 Å². The minimum absolute atomic E-state index is 0.279. The summed E-state index contributed by atoms with van der Waals surface area (Å²) in [6, 6.07) is 2.42. The van der Waals surface area contributed by atoms with Gasteiger partial charge < -0.3 is 5.11 Å². The molecule has 0 spiro atoms. The fourth-order valence-electron chi connectivity index (χ4n) is 2.40. The number of aromatic nitrogens is 2. The van der Waals surface area contributed by atoms with E-state index in [9.17, 15) is 5.11 Å². The Bertz CT molecular complexity index is 395. The van der Waals surface area contributed by atoms with E-state index in [4.69, 9.17) is 0 Å². The van der Waals surface area contributed by atoms with Gasteiger partial charge in [-0.05, 0) is 26.3 Å². The van der Waals surface area contributed by atoms with E-state index in [1.807, 2.05) is 40.5 Å². The average Bonchev–Trinajstić information content (AvgIpc) is 2.87. The van der Waals surface area contributed by atoms with E-state index in [1.165, 1.54) is 5.75 Å². The lowest BCUT2D eigenvalue weighted by Crippen LogP contribution is -2.37. The Labute approximate surface area is 124 Å². The number of aliphatic hydroxyl groups excluding tert-OH is 1. The molecular weight excluding hydrogens is 276 g/mol. The first-order chi connectivity index (χ1) is 9.11. The first-order valence-corrected chi connectivity index (χ1v) is 9.17. The van der Waals surface area contributed by atoms with Crippen LogP contribution < -0.4 is 0 Å². The number of hydrogen-bond donors (Lipinski definition) is 1. The smallest absolute Gasteiger partial charge is 0.0725 e. The maximum absolute atomic E-state index is 10.5. The molecule has 0 aromatic carbocycles. The van der Waals surface area contributed by atoms with Gasteiger partial charge in [0.25, 0.3) is 0 Å². The van der Waals surface area contributed by atoms with Crippen LogP contribution in [-0.2, 0) is 6.42 Å². The Hall–Kier alpha value is -0.130. The van der Waals surface area contributed by atoms with Gasteiger partial charge >= 0.3 is 0 Å². The van der Waals surface area contributed by atoms with Crippen LogP contribution in [0.2, 0.25) is 0 Å². The van der Waals surface area contributed by atoms with Gasteiger partial charge in [0.15, 0.2) is 0 Å². The minimum atomic E-state index is -0.279. The predicted molar refractivity (Wildman–Crippen MR) is 85.1 cm³/mol. The second-order valence-corrected chi connectivity index (χ2v) is 7.94. The lowest BCUT2D eigenvalue weighted by Gasteiger charge is -2.33. The Morgan fingerprint density at radius 3 is 2.79 bits per heavy atom. The summed E-state index contributed by atoms with van der Waals surface area (Å²) in [6.45, 7) is 6.46. The van der Waals surface area contributed by atoms with Crippen LogP contribution in [0.5, 0.6) is 0 Å². The molecule has 1 aliphatic heterocycles. The molecule has 1 N–H and O–H groups in total. The topological polar surface area (TPSA) is 38.0 Å². The fourth-order valence-corrected chi connectivity index (χ4v) is 5.55. The van der Waals surface area contributed by atoms with Gasteiger partial charge in [-0.25, -0.2) is 0 Å². The van der Waals surface area contributed by atoms with Gasteiger partial charge in [0.2, 0.25) is 0 Å². The zero-order chi connectivity index (χ0) is 13.8. The SMILES string of the molecule is CCC1SCCSC1C(O)Cc1ccn(C(C)C)n1. The molecule has 1 aromatic heterocycles. The van der Waals surface area contributed by atoms with Crippen molar-refractivity contribution in [2.45, 2.75) is 56.3 Å². The van der Waals surface area contributed by atoms with Gasteiger partial charge in [-0.2, -0.15) is 28.6 Å². The van der Waals surface area contributed by atoms with Crippen molar-refractivity contribution in [2.24, 2.45) is 0 Å². The quantitative estimate of drug-likeness (QED) is 0.907. The maximum atomic E-state index is 10.5. The number of thioether (sulfide) groups is 2. The summed E-state index contributed by atoms with van der Waals surface area (Å²) in [6.07, 6.45) is 3.54.